The quantitative estimate of drug-likeness (QED) is 0.671. The van der Waals surface area contributed by atoms with Crippen molar-refractivity contribution in [2.24, 2.45) is 5.84 Å². The van der Waals surface area contributed by atoms with Gasteiger partial charge in [-0.2, -0.15) is 0 Å². The zero-order valence-electron chi connectivity index (χ0n) is 12.1. The van der Waals surface area contributed by atoms with Gasteiger partial charge in [0.25, 0.3) is 5.91 Å². The maximum atomic E-state index is 13.2. The van der Waals surface area contributed by atoms with E-state index in [0.29, 0.717) is 17.8 Å². The molecule has 2 aromatic rings. The van der Waals surface area contributed by atoms with Gasteiger partial charge in [0, 0.05) is 13.6 Å². The van der Waals surface area contributed by atoms with Gasteiger partial charge in [0.15, 0.2) is 0 Å². The summed E-state index contributed by atoms with van der Waals surface area (Å²) in [5, 5.41) is 0. The number of nitrogens with two attached hydrogens (primary N) is 1. The molecule has 0 aliphatic rings. The third-order valence-corrected chi connectivity index (χ3v) is 3.22. The maximum absolute atomic E-state index is 13.2. The number of carbonyl (C=O) groups excluding carboxylic acids is 1. The zero-order chi connectivity index (χ0) is 15.4. The number of hydrogen-bond acceptors (Lipinski definition) is 3. The first-order chi connectivity index (χ1) is 10.0. The molecule has 0 saturated carbocycles. The van der Waals surface area contributed by atoms with Crippen molar-refractivity contribution in [1.29, 1.82) is 0 Å². The van der Waals surface area contributed by atoms with Gasteiger partial charge in [0.05, 0.1) is 11.3 Å². The Labute approximate surface area is 123 Å². The Morgan fingerprint density at radius 3 is 2.71 bits per heavy atom. The topological polar surface area (TPSA) is 58.4 Å². The average molecular weight is 287 g/mol. The van der Waals surface area contributed by atoms with E-state index in [1.54, 1.807) is 31.3 Å². The SMILES string of the molecule is Cc1ccc(NN)c(C(=O)N(C)Cc2cccc(F)c2)c1. The highest BCUT2D eigenvalue weighted by atomic mass is 19.1. The molecule has 0 aromatic heterocycles. The molecule has 2 rings (SSSR count). The Morgan fingerprint density at radius 2 is 2.05 bits per heavy atom. The molecule has 1 amide bonds. The Bertz CT molecular complexity index is 658. The molecule has 0 aliphatic carbocycles. The maximum Gasteiger partial charge on any atom is 0.256 e. The highest BCUT2D eigenvalue weighted by Gasteiger charge is 2.16. The van der Waals surface area contributed by atoms with Crippen LogP contribution >= 0.6 is 0 Å². The summed E-state index contributed by atoms with van der Waals surface area (Å²) in [6, 6.07) is 11.6. The van der Waals surface area contributed by atoms with Gasteiger partial charge < -0.3 is 10.3 Å². The van der Waals surface area contributed by atoms with Crippen LogP contribution in [-0.4, -0.2) is 17.9 Å². The Balaban J connectivity index is 2.21. The highest BCUT2D eigenvalue weighted by Crippen LogP contribution is 2.19. The van der Waals surface area contributed by atoms with Gasteiger partial charge in [0.2, 0.25) is 0 Å². The number of rotatable bonds is 4. The van der Waals surface area contributed by atoms with Gasteiger partial charge in [-0.15, -0.1) is 0 Å². The lowest BCUT2D eigenvalue weighted by Crippen LogP contribution is -2.27. The van der Waals surface area contributed by atoms with Gasteiger partial charge in [-0.3, -0.25) is 10.6 Å². The van der Waals surface area contributed by atoms with Crippen LogP contribution in [0.5, 0.6) is 0 Å². The number of anilines is 1. The standard InChI is InChI=1S/C16H18FN3O/c1-11-6-7-15(19-18)14(8-11)16(21)20(2)10-12-4-3-5-13(17)9-12/h3-9,19H,10,18H2,1-2H3. The van der Waals surface area contributed by atoms with Crippen LogP contribution in [0.1, 0.15) is 21.5 Å². The molecule has 5 heteroatoms. The number of benzene rings is 2. The van der Waals surface area contributed by atoms with E-state index in [0.717, 1.165) is 11.1 Å². The molecule has 4 nitrogen and oxygen atoms in total. The molecule has 0 atom stereocenters. The van der Waals surface area contributed by atoms with E-state index in [9.17, 15) is 9.18 Å². The van der Waals surface area contributed by atoms with E-state index >= 15 is 0 Å². The molecule has 0 fully saturated rings. The van der Waals surface area contributed by atoms with E-state index in [4.69, 9.17) is 5.84 Å². The number of hydrogen-bond donors (Lipinski definition) is 2. The summed E-state index contributed by atoms with van der Waals surface area (Å²) in [6.45, 7) is 2.23. The molecular formula is C16H18FN3O. The summed E-state index contributed by atoms with van der Waals surface area (Å²) < 4.78 is 13.2. The zero-order valence-corrected chi connectivity index (χ0v) is 12.1. The van der Waals surface area contributed by atoms with E-state index in [-0.39, 0.29) is 11.7 Å². The van der Waals surface area contributed by atoms with Gasteiger partial charge in [0.1, 0.15) is 5.82 Å². The van der Waals surface area contributed by atoms with E-state index in [2.05, 4.69) is 5.43 Å². The van der Waals surface area contributed by atoms with Crippen LogP contribution in [0.4, 0.5) is 10.1 Å². The molecule has 0 spiro atoms. The number of nitrogens with one attached hydrogen (secondary N) is 1. The number of aryl methyl sites for hydroxylation is 1. The lowest BCUT2D eigenvalue weighted by Gasteiger charge is -2.19. The van der Waals surface area contributed by atoms with E-state index in [1.807, 2.05) is 13.0 Å². The van der Waals surface area contributed by atoms with Gasteiger partial charge in [-0.05, 0) is 36.8 Å². The first-order valence-electron chi connectivity index (χ1n) is 6.58. The van der Waals surface area contributed by atoms with Crippen LogP contribution in [0, 0.1) is 12.7 Å². The molecule has 21 heavy (non-hydrogen) atoms. The van der Waals surface area contributed by atoms with Crippen molar-refractivity contribution in [3.05, 3.63) is 65.0 Å². The van der Waals surface area contributed by atoms with Crippen LogP contribution in [0.25, 0.3) is 0 Å². The molecule has 0 bridgehead atoms. The number of hydrazine groups is 1. The third-order valence-electron chi connectivity index (χ3n) is 3.22. The molecule has 0 aliphatic heterocycles. The molecular weight excluding hydrogens is 269 g/mol. The molecule has 0 heterocycles. The lowest BCUT2D eigenvalue weighted by molar-refractivity contribution is 0.0785. The monoisotopic (exact) mass is 287 g/mol. The second-order valence-corrected chi connectivity index (χ2v) is 4.98. The lowest BCUT2D eigenvalue weighted by atomic mass is 10.1. The number of halogens is 1. The Morgan fingerprint density at radius 1 is 1.29 bits per heavy atom. The van der Waals surface area contributed by atoms with Crippen molar-refractivity contribution in [1.82, 2.24) is 4.90 Å². The normalized spacial score (nSPS) is 10.3. The molecule has 0 radical (unpaired) electrons. The van der Waals surface area contributed by atoms with Crippen molar-refractivity contribution in [3.63, 3.8) is 0 Å². The van der Waals surface area contributed by atoms with Gasteiger partial charge in [-0.25, -0.2) is 4.39 Å². The summed E-state index contributed by atoms with van der Waals surface area (Å²) in [5.41, 5.74) is 5.29. The van der Waals surface area contributed by atoms with Gasteiger partial charge in [-0.1, -0.05) is 23.8 Å². The Hall–Kier alpha value is -2.40. The number of nitrogen functional groups attached to an aromatic ring is 1. The fourth-order valence-electron chi connectivity index (χ4n) is 2.15. The Kier molecular flexibility index (Phi) is 4.55. The van der Waals surface area contributed by atoms with Crippen molar-refractivity contribution in [3.8, 4) is 0 Å². The average Bonchev–Trinajstić information content (AvgIpc) is 2.46. The molecule has 0 saturated heterocycles. The van der Waals surface area contributed by atoms with Crippen molar-refractivity contribution >= 4 is 11.6 Å². The first kappa shape index (κ1) is 15.0. The fourth-order valence-corrected chi connectivity index (χ4v) is 2.15. The fraction of sp³-hybridized carbons (Fsp3) is 0.188. The van der Waals surface area contributed by atoms with E-state index in [1.165, 1.54) is 17.0 Å². The first-order valence-corrected chi connectivity index (χ1v) is 6.58. The van der Waals surface area contributed by atoms with Crippen LogP contribution in [0.2, 0.25) is 0 Å². The summed E-state index contributed by atoms with van der Waals surface area (Å²) in [4.78, 5) is 14.0. The largest absolute Gasteiger partial charge is 0.337 e. The van der Waals surface area contributed by atoms with Crippen molar-refractivity contribution in [2.75, 3.05) is 12.5 Å². The van der Waals surface area contributed by atoms with Crippen LogP contribution in [0.15, 0.2) is 42.5 Å². The summed E-state index contributed by atoms with van der Waals surface area (Å²) in [7, 11) is 1.68. The van der Waals surface area contributed by atoms with Gasteiger partial charge >= 0.3 is 0 Å². The highest BCUT2D eigenvalue weighted by molar-refractivity contribution is 5.99. The minimum absolute atomic E-state index is 0.170. The number of amides is 1. The van der Waals surface area contributed by atoms with Crippen molar-refractivity contribution < 1.29 is 9.18 Å². The molecule has 0 unspecified atom stereocenters. The molecule has 2 aromatic carbocycles. The second kappa shape index (κ2) is 6.37. The van der Waals surface area contributed by atoms with Crippen LogP contribution in [0.3, 0.4) is 0 Å². The molecule has 3 N–H and O–H groups in total. The second-order valence-electron chi connectivity index (χ2n) is 4.98. The predicted molar refractivity (Wildman–Crippen MR) is 81.2 cm³/mol. The smallest absolute Gasteiger partial charge is 0.256 e. The minimum Gasteiger partial charge on any atom is -0.337 e. The third kappa shape index (κ3) is 3.58. The van der Waals surface area contributed by atoms with Crippen LogP contribution < -0.4 is 11.3 Å². The summed E-state index contributed by atoms with van der Waals surface area (Å²) in [6.07, 6.45) is 0. The predicted octanol–water partition coefficient (Wildman–Crippen LogP) is 2.69. The minimum atomic E-state index is -0.312. The van der Waals surface area contributed by atoms with E-state index < -0.39 is 0 Å². The number of nitrogens with zero attached hydrogens (tertiary/aromatic N) is 1. The summed E-state index contributed by atoms with van der Waals surface area (Å²) in [5.74, 6) is 4.96. The molecule has 110 valence electrons. The summed E-state index contributed by atoms with van der Waals surface area (Å²) >= 11 is 0. The van der Waals surface area contributed by atoms with Crippen LogP contribution in [-0.2, 0) is 6.54 Å². The number of carbonyl (C=O) groups is 1. The van der Waals surface area contributed by atoms with Crippen molar-refractivity contribution in [2.45, 2.75) is 13.5 Å².